The van der Waals surface area contributed by atoms with E-state index in [0.717, 1.165) is 24.5 Å². The van der Waals surface area contributed by atoms with Crippen LogP contribution < -0.4 is 0 Å². The zero-order valence-electron chi connectivity index (χ0n) is 11.7. The van der Waals surface area contributed by atoms with Crippen LogP contribution in [0, 0.1) is 11.6 Å². The molecule has 0 aliphatic rings. The van der Waals surface area contributed by atoms with E-state index in [9.17, 15) is 13.9 Å². The molecule has 0 radical (unpaired) electrons. The Morgan fingerprint density at radius 1 is 1.00 bits per heavy atom. The molecule has 1 atom stereocenters. The normalized spacial score (nSPS) is 12.4. The molecule has 2 aromatic carbocycles. The van der Waals surface area contributed by atoms with E-state index in [0.29, 0.717) is 5.56 Å². The number of aliphatic hydroxyl groups is 1. The maximum atomic E-state index is 13.7. The Hall–Kier alpha value is -1.74. The van der Waals surface area contributed by atoms with Gasteiger partial charge in [-0.15, -0.1) is 0 Å². The van der Waals surface area contributed by atoms with Crippen molar-refractivity contribution in [2.75, 3.05) is 0 Å². The average Bonchev–Trinajstić information content (AvgIpc) is 2.48. The summed E-state index contributed by atoms with van der Waals surface area (Å²) in [7, 11) is 0. The van der Waals surface area contributed by atoms with Crippen LogP contribution in [0.25, 0.3) is 0 Å². The van der Waals surface area contributed by atoms with Crippen molar-refractivity contribution in [3.63, 3.8) is 0 Å². The lowest BCUT2D eigenvalue weighted by Gasteiger charge is -2.15. The molecule has 106 valence electrons. The first-order chi connectivity index (χ1) is 9.58. The first-order valence-corrected chi connectivity index (χ1v) is 6.82. The summed E-state index contributed by atoms with van der Waals surface area (Å²) in [5.74, 6) is -1.93. The van der Waals surface area contributed by atoms with E-state index in [1.54, 1.807) is 6.07 Å². The highest BCUT2D eigenvalue weighted by atomic mass is 19.2. The van der Waals surface area contributed by atoms with Crippen LogP contribution in [0.4, 0.5) is 8.78 Å². The minimum absolute atomic E-state index is 0.0312. The van der Waals surface area contributed by atoms with E-state index in [1.807, 2.05) is 19.1 Å². The van der Waals surface area contributed by atoms with Crippen molar-refractivity contribution in [2.45, 2.75) is 32.8 Å². The number of benzene rings is 2. The molecule has 0 saturated heterocycles. The van der Waals surface area contributed by atoms with E-state index in [4.69, 9.17) is 0 Å². The third-order valence-corrected chi connectivity index (χ3v) is 3.58. The smallest absolute Gasteiger partial charge is 0.164 e. The Labute approximate surface area is 117 Å². The van der Waals surface area contributed by atoms with E-state index >= 15 is 0 Å². The maximum Gasteiger partial charge on any atom is 0.164 e. The third-order valence-electron chi connectivity index (χ3n) is 3.58. The molecule has 2 rings (SSSR count). The van der Waals surface area contributed by atoms with Gasteiger partial charge in [-0.25, -0.2) is 8.78 Å². The molecule has 0 aliphatic heterocycles. The number of halogens is 2. The minimum Gasteiger partial charge on any atom is -0.384 e. The summed E-state index contributed by atoms with van der Waals surface area (Å²) in [6, 6.07) is 9.43. The Morgan fingerprint density at radius 2 is 1.70 bits per heavy atom. The van der Waals surface area contributed by atoms with E-state index in [2.05, 4.69) is 6.92 Å². The van der Waals surface area contributed by atoms with Crippen LogP contribution >= 0.6 is 0 Å². The molecule has 3 heteroatoms. The van der Waals surface area contributed by atoms with Crippen LogP contribution in [0.5, 0.6) is 0 Å². The van der Waals surface area contributed by atoms with Crippen molar-refractivity contribution in [3.05, 3.63) is 70.3 Å². The topological polar surface area (TPSA) is 20.2 Å². The second-order valence-corrected chi connectivity index (χ2v) is 4.78. The molecule has 0 saturated carbocycles. The quantitative estimate of drug-likeness (QED) is 0.888. The second kappa shape index (κ2) is 6.14. The van der Waals surface area contributed by atoms with Crippen molar-refractivity contribution >= 4 is 0 Å². The Morgan fingerprint density at radius 3 is 2.35 bits per heavy atom. The predicted octanol–water partition coefficient (Wildman–Crippen LogP) is 4.17. The van der Waals surface area contributed by atoms with Crippen LogP contribution in [0.1, 0.15) is 42.2 Å². The minimum atomic E-state index is -1.15. The second-order valence-electron chi connectivity index (χ2n) is 4.78. The molecule has 0 aliphatic carbocycles. The summed E-state index contributed by atoms with van der Waals surface area (Å²) in [6.45, 7) is 4.10. The zero-order valence-corrected chi connectivity index (χ0v) is 11.7. The molecule has 1 N–H and O–H groups in total. The van der Waals surface area contributed by atoms with Gasteiger partial charge in [-0.05, 0) is 35.6 Å². The molecule has 20 heavy (non-hydrogen) atoms. The van der Waals surface area contributed by atoms with E-state index in [1.165, 1.54) is 17.7 Å². The zero-order chi connectivity index (χ0) is 14.7. The molecule has 1 nitrogen and oxygen atoms in total. The molecule has 2 aromatic rings. The van der Waals surface area contributed by atoms with Gasteiger partial charge >= 0.3 is 0 Å². The number of rotatable bonds is 4. The summed E-state index contributed by atoms with van der Waals surface area (Å²) in [4.78, 5) is 0. The molecule has 0 spiro atoms. The van der Waals surface area contributed by atoms with Crippen LogP contribution in [0.3, 0.4) is 0 Å². The van der Waals surface area contributed by atoms with Crippen LogP contribution in [-0.4, -0.2) is 5.11 Å². The molecular weight excluding hydrogens is 258 g/mol. The van der Waals surface area contributed by atoms with E-state index in [-0.39, 0.29) is 5.56 Å². The molecule has 0 heterocycles. The van der Waals surface area contributed by atoms with Gasteiger partial charge in [-0.2, -0.15) is 0 Å². The fourth-order valence-corrected chi connectivity index (χ4v) is 2.40. The summed E-state index contributed by atoms with van der Waals surface area (Å²) in [6.07, 6.45) is 0.602. The van der Waals surface area contributed by atoms with Gasteiger partial charge in [-0.3, -0.25) is 0 Å². The summed E-state index contributed by atoms with van der Waals surface area (Å²) in [5, 5.41) is 10.3. The van der Waals surface area contributed by atoms with Crippen molar-refractivity contribution in [2.24, 2.45) is 0 Å². The molecule has 0 bridgehead atoms. The van der Waals surface area contributed by atoms with Crippen LogP contribution in [0.15, 0.2) is 36.4 Å². The molecule has 1 unspecified atom stereocenters. The fraction of sp³-hybridized carbons (Fsp3) is 0.294. The molecule has 0 aromatic heterocycles. The lowest BCUT2D eigenvalue weighted by molar-refractivity contribution is 0.213. The highest BCUT2D eigenvalue weighted by Gasteiger charge is 2.18. The number of hydrogen-bond acceptors (Lipinski definition) is 1. The van der Waals surface area contributed by atoms with Gasteiger partial charge in [0.2, 0.25) is 0 Å². The predicted molar refractivity (Wildman–Crippen MR) is 75.6 cm³/mol. The maximum absolute atomic E-state index is 13.7. The summed E-state index contributed by atoms with van der Waals surface area (Å²) in [5.41, 5.74) is 2.89. The van der Waals surface area contributed by atoms with Crippen LogP contribution in [-0.2, 0) is 12.8 Å². The van der Waals surface area contributed by atoms with Gasteiger partial charge in [0.15, 0.2) is 11.6 Å². The number of hydrogen-bond donors (Lipinski definition) is 1. The summed E-state index contributed by atoms with van der Waals surface area (Å²) >= 11 is 0. The molecular formula is C17H18F2O. The van der Waals surface area contributed by atoms with Crippen molar-refractivity contribution in [1.29, 1.82) is 0 Å². The Bertz CT molecular complexity index is 608. The first-order valence-electron chi connectivity index (χ1n) is 6.82. The molecule has 0 amide bonds. The van der Waals surface area contributed by atoms with Gasteiger partial charge in [0.25, 0.3) is 0 Å². The van der Waals surface area contributed by atoms with Crippen LogP contribution in [0.2, 0.25) is 0 Å². The molecule has 0 fully saturated rings. The Balaban J connectivity index is 2.43. The van der Waals surface area contributed by atoms with Crippen molar-refractivity contribution in [1.82, 2.24) is 0 Å². The fourth-order valence-electron chi connectivity index (χ4n) is 2.40. The van der Waals surface area contributed by atoms with Crippen molar-refractivity contribution in [3.8, 4) is 0 Å². The van der Waals surface area contributed by atoms with Crippen molar-refractivity contribution < 1.29 is 13.9 Å². The number of aliphatic hydroxyl groups excluding tert-OH is 1. The highest BCUT2D eigenvalue weighted by Crippen LogP contribution is 2.27. The Kier molecular flexibility index (Phi) is 4.50. The lowest BCUT2D eigenvalue weighted by atomic mass is 9.94. The first kappa shape index (κ1) is 14.7. The van der Waals surface area contributed by atoms with Gasteiger partial charge < -0.3 is 5.11 Å². The lowest BCUT2D eigenvalue weighted by Crippen LogP contribution is -2.05. The largest absolute Gasteiger partial charge is 0.384 e. The van der Waals surface area contributed by atoms with Gasteiger partial charge in [0.05, 0.1) is 0 Å². The summed E-state index contributed by atoms with van der Waals surface area (Å²) < 4.78 is 27.0. The van der Waals surface area contributed by atoms with Gasteiger partial charge in [0.1, 0.15) is 6.10 Å². The van der Waals surface area contributed by atoms with Gasteiger partial charge in [-0.1, -0.05) is 44.2 Å². The van der Waals surface area contributed by atoms with E-state index < -0.39 is 17.7 Å². The average molecular weight is 276 g/mol. The highest BCUT2D eigenvalue weighted by molar-refractivity contribution is 5.37. The third kappa shape index (κ3) is 2.73. The standard InChI is InChI=1S/C17H18F2O/c1-3-11-8-9-13(10-12(11)4-2)17(20)14-6-5-7-15(18)16(14)19/h5-10,17,20H,3-4H2,1-2H3. The SMILES string of the molecule is CCc1ccc(C(O)c2cccc(F)c2F)cc1CC. The van der Waals surface area contributed by atoms with Gasteiger partial charge in [0, 0.05) is 5.56 Å². The monoisotopic (exact) mass is 276 g/mol. The number of aryl methyl sites for hydroxylation is 2.